The first-order valence-corrected chi connectivity index (χ1v) is 16.5. The molecule has 2 aliphatic heterocycles. The van der Waals surface area contributed by atoms with Gasteiger partial charge in [0.2, 0.25) is 5.88 Å². The van der Waals surface area contributed by atoms with Crippen molar-refractivity contribution in [3.63, 3.8) is 0 Å². The molecular weight excluding hydrogens is 680 g/mol. The lowest BCUT2D eigenvalue weighted by Crippen LogP contribution is -2.04. The average Bonchev–Trinajstić information content (AvgIpc) is 3.99. The lowest BCUT2D eigenvalue weighted by atomic mass is 10.0. The van der Waals surface area contributed by atoms with Crippen molar-refractivity contribution < 1.29 is 27.1 Å². The summed E-state index contributed by atoms with van der Waals surface area (Å²) in [4.78, 5) is 30.6. The molecule has 0 atom stereocenters. The second-order valence-corrected chi connectivity index (χ2v) is 12.5. The summed E-state index contributed by atoms with van der Waals surface area (Å²) in [6, 6.07) is 30.6. The van der Waals surface area contributed by atoms with Gasteiger partial charge in [-0.05, 0) is 107 Å². The van der Waals surface area contributed by atoms with Gasteiger partial charge in [-0.2, -0.15) is 0 Å². The summed E-state index contributed by atoms with van der Waals surface area (Å²) in [5.74, 6) is -2.53. The third-order valence-electron chi connectivity index (χ3n) is 9.18. The minimum atomic E-state index is -0.755. The highest BCUT2D eigenvalue weighted by Gasteiger charge is 2.28. The molecule has 0 spiro atoms. The van der Waals surface area contributed by atoms with Gasteiger partial charge in [-0.3, -0.25) is 0 Å². The van der Waals surface area contributed by atoms with E-state index in [0.717, 1.165) is 0 Å². The lowest BCUT2D eigenvalue weighted by Gasteiger charge is -2.06. The quantitative estimate of drug-likeness (QED) is 0.141. The van der Waals surface area contributed by atoms with Crippen LogP contribution in [0.5, 0.6) is 5.88 Å². The summed E-state index contributed by atoms with van der Waals surface area (Å²) < 4.78 is 62.6. The van der Waals surface area contributed by atoms with E-state index in [1.54, 1.807) is 60.7 Å². The van der Waals surface area contributed by atoms with Crippen molar-refractivity contribution in [1.29, 1.82) is 0 Å². The number of hydrogen-bond donors (Lipinski definition) is 2. The lowest BCUT2D eigenvalue weighted by molar-refractivity contribution is 0.0755. The summed E-state index contributed by atoms with van der Waals surface area (Å²) >= 11 is 0. The number of ether oxygens (including phenoxy) is 1. The van der Waals surface area contributed by atoms with E-state index in [1.165, 1.54) is 48.5 Å². The summed E-state index contributed by atoms with van der Waals surface area (Å²) in [6.45, 7) is 0. The van der Waals surface area contributed by atoms with Crippen molar-refractivity contribution in [2.24, 2.45) is 0 Å². The van der Waals surface area contributed by atoms with E-state index in [-0.39, 0.29) is 11.6 Å². The summed E-state index contributed by atoms with van der Waals surface area (Å²) in [5.41, 5.74) is 7.50. The van der Waals surface area contributed by atoms with E-state index < -0.39 is 29.2 Å². The maximum Gasteiger partial charge on any atom is 0.364 e. The second-order valence-electron chi connectivity index (χ2n) is 12.5. The molecule has 0 aliphatic carbocycles. The zero-order valence-electron chi connectivity index (χ0n) is 27.4. The average molecular weight is 705 g/mol. The fourth-order valence-electron chi connectivity index (χ4n) is 6.75. The van der Waals surface area contributed by atoms with Crippen LogP contribution in [0.4, 0.5) is 17.6 Å². The van der Waals surface area contributed by atoms with Crippen LogP contribution in [0.2, 0.25) is 0 Å². The predicted octanol–water partition coefficient (Wildman–Crippen LogP) is 10.9. The van der Waals surface area contributed by atoms with Gasteiger partial charge in [-0.15, -0.1) is 0 Å². The summed E-state index contributed by atoms with van der Waals surface area (Å²) in [5, 5.41) is 0. The highest BCUT2D eigenvalue weighted by molar-refractivity contribution is 6.05. The first-order valence-electron chi connectivity index (χ1n) is 16.5. The molecule has 0 fully saturated rings. The number of halogens is 4. The predicted molar refractivity (Wildman–Crippen MR) is 196 cm³/mol. The molecule has 0 unspecified atom stereocenters. The van der Waals surface area contributed by atoms with Crippen LogP contribution in [0, 0.1) is 23.3 Å². The van der Waals surface area contributed by atoms with Gasteiger partial charge in [0.05, 0.1) is 22.5 Å². The molecule has 0 saturated heterocycles. The number of fused-ring (bicyclic) bond motifs is 8. The van der Waals surface area contributed by atoms with Gasteiger partial charge in [-0.25, -0.2) is 32.3 Å². The Balaban J connectivity index is 1.48. The normalized spacial score (nSPS) is 12.3. The van der Waals surface area contributed by atoms with Gasteiger partial charge in [0, 0.05) is 33.2 Å². The van der Waals surface area contributed by atoms with Crippen molar-refractivity contribution >= 4 is 40.2 Å². The Kier molecular flexibility index (Phi) is 7.58. The Morgan fingerprint density at radius 1 is 0.415 bits per heavy atom. The topological polar surface area (TPSA) is 83.7 Å². The second kappa shape index (κ2) is 12.6. The van der Waals surface area contributed by atoms with Crippen LogP contribution in [0.25, 0.3) is 78.7 Å². The van der Waals surface area contributed by atoms with Gasteiger partial charge in [-0.1, -0.05) is 48.5 Å². The van der Waals surface area contributed by atoms with Crippen molar-refractivity contribution in [2.45, 2.75) is 0 Å². The molecule has 7 aromatic rings. The Bertz CT molecular complexity index is 2790. The Labute approximate surface area is 298 Å². The molecule has 3 aromatic heterocycles. The fraction of sp³-hybridized carbons (Fsp3) is 0. The number of aromatic nitrogens is 4. The third-order valence-corrected chi connectivity index (χ3v) is 9.18. The molecule has 10 heteroatoms. The van der Waals surface area contributed by atoms with Crippen molar-refractivity contribution in [3.05, 3.63) is 162 Å². The van der Waals surface area contributed by atoms with Crippen LogP contribution in [-0.4, -0.2) is 25.9 Å². The van der Waals surface area contributed by atoms with E-state index in [4.69, 9.17) is 14.7 Å². The molecule has 256 valence electrons. The zero-order chi connectivity index (χ0) is 36.2. The fourth-order valence-corrected chi connectivity index (χ4v) is 6.75. The monoisotopic (exact) mass is 704 g/mol. The van der Waals surface area contributed by atoms with Crippen LogP contribution < -0.4 is 4.74 Å². The number of H-pyrrole nitrogens is 2. The summed E-state index contributed by atoms with van der Waals surface area (Å²) in [7, 11) is 0. The van der Waals surface area contributed by atoms with E-state index in [9.17, 15) is 22.4 Å². The SMILES string of the molecule is O=C1Oc2nc1c(-c1ccc(F)cc1)c1ccc([nH]1)c(-c1ccc(F)cc1)c1nc(c(-c3ccc(F)cc3)c3ccc([nH]3)c2-c2ccc(F)cc2)C=C1. The maximum absolute atomic E-state index is 14.2. The largest absolute Gasteiger partial charge is 0.402 e. The number of esters is 1. The van der Waals surface area contributed by atoms with Gasteiger partial charge >= 0.3 is 5.97 Å². The number of nitrogens with zero attached hydrogens (tertiary/aromatic N) is 2. The zero-order valence-corrected chi connectivity index (χ0v) is 27.4. The van der Waals surface area contributed by atoms with E-state index >= 15 is 0 Å². The van der Waals surface area contributed by atoms with Gasteiger partial charge in [0.25, 0.3) is 0 Å². The van der Waals surface area contributed by atoms with Crippen molar-refractivity contribution in [2.75, 3.05) is 0 Å². The molecule has 4 aromatic carbocycles. The molecule has 0 saturated carbocycles. The Morgan fingerprint density at radius 3 is 1.17 bits per heavy atom. The van der Waals surface area contributed by atoms with Crippen LogP contribution >= 0.6 is 0 Å². The van der Waals surface area contributed by atoms with Crippen LogP contribution in [0.1, 0.15) is 21.9 Å². The number of nitrogens with one attached hydrogen (secondary N) is 2. The maximum atomic E-state index is 14.2. The van der Waals surface area contributed by atoms with Gasteiger partial charge in [0.1, 0.15) is 23.3 Å². The van der Waals surface area contributed by atoms with E-state index in [0.29, 0.717) is 78.0 Å². The van der Waals surface area contributed by atoms with Crippen LogP contribution in [-0.2, 0) is 0 Å². The molecule has 6 nitrogen and oxygen atoms in total. The highest BCUT2D eigenvalue weighted by Crippen LogP contribution is 2.40. The van der Waals surface area contributed by atoms with E-state index in [1.807, 2.05) is 24.3 Å². The number of aromatic amines is 2. The number of carbonyl (C=O) groups excluding carboxylic acids is 1. The van der Waals surface area contributed by atoms with Crippen LogP contribution in [0.3, 0.4) is 0 Å². The Morgan fingerprint density at radius 2 is 0.755 bits per heavy atom. The summed E-state index contributed by atoms with van der Waals surface area (Å²) in [6.07, 6.45) is 3.70. The first kappa shape index (κ1) is 31.9. The smallest absolute Gasteiger partial charge is 0.364 e. The highest BCUT2D eigenvalue weighted by atomic mass is 19.1. The molecule has 9 rings (SSSR count). The van der Waals surface area contributed by atoms with Gasteiger partial charge in [0.15, 0.2) is 5.69 Å². The molecular formula is C43H24F4N4O2. The molecule has 0 amide bonds. The van der Waals surface area contributed by atoms with Crippen LogP contribution in [0.15, 0.2) is 121 Å². The Hall–Kier alpha value is -7.07. The number of benzene rings is 4. The molecule has 0 radical (unpaired) electrons. The van der Waals surface area contributed by atoms with E-state index in [2.05, 4.69) is 9.97 Å². The number of carbonyl (C=O) groups is 1. The minimum absolute atomic E-state index is 0.0425. The molecule has 8 bridgehead atoms. The minimum Gasteiger partial charge on any atom is -0.402 e. The van der Waals surface area contributed by atoms with Crippen molar-refractivity contribution in [1.82, 2.24) is 19.9 Å². The molecule has 5 heterocycles. The number of hydrogen-bond acceptors (Lipinski definition) is 4. The molecule has 53 heavy (non-hydrogen) atoms. The molecule has 2 N–H and O–H groups in total. The van der Waals surface area contributed by atoms with Crippen molar-refractivity contribution in [3.8, 4) is 50.4 Å². The third kappa shape index (κ3) is 5.76. The first-order chi connectivity index (χ1) is 25.8. The number of rotatable bonds is 4. The van der Waals surface area contributed by atoms with Gasteiger partial charge < -0.3 is 14.7 Å². The molecule has 2 aliphatic rings. The standard InChI is InChI=1S/C43H24F4N4O2/c44-27-9-1-23(2-10-27)37-31-17-18-32(48-31)38(24-3-11-28(45)12-4-24)34-20-22-36(50-34)40(26-7-15-30(47)16-8-26)42-51-41(43(52)53-42)39(35-21-19-33(37)49-35)25-5-13-29(46)14-6-25/h1-22,49-50H.